The second kappa shape index (κ2) is 6.37. The largest absolute Gasteiger partial charge is 0.494 e. The maximum Gasteiger partial charge on any atom is 0.176 e. The minimum Gasteiger partial charge on any atom is -0.494 e. The molecule has 0 radical (unpaired) electrons. The first-order chi connectivity index (χ1) is 9.50. The number of hydrogen-bond donors (Lipinski definition) is 1. The van der Waals surface area contributed by atoms with Gasteiger partial charge in [-0.25, -0.2) is 0 Å². The van der Waals surface area contributed by atoms with Crippen LogP contribution in [0.1, 0.15) is 37.0 Å². The highest BCUT2D eigenvalue weighted by Gasteiger charge is 2.28. The Morgan fingerprint density at radius 2 is 1.90 bits per heavy atom. The number of likely N-dealkylation sites (tertiary alicyclic amines) is 1. The molecule has 1 aromatic rings. The van der Waals surface area contributed by atoms with Crippen molar-refractivity contribution >= 4 is 5.78 Å². The maximum atomic E-state index is 12.2. The van der Waals surface area contributed by atoms with E-state index < -0.39 is 5.60 Å². The van der Waals surface area contributed by atoms with Crippen molar-refractivity contribution in [2.45, 2.75) is 32.3 Å². The topological polar surface area (TPSA) is 49.8 Å². The van der Waals surface area contributed by atoms with E-state index in [1.807, 2.05) is 38.1 Å². The van der Waals surface area contributed by atoms with Crippen LogP contribution in [0.2, 0.25) is 0 Å². The molecule has 0 bridgehead atoms. The Morgan fingerprint density at radius 1 is 1.30 bits per heavy atom. The Bertz CT molecular complexity index is 443. The van der Waals surface area contributed by atoms with Crippen LogP contribution in [-0.2, 0) is 0 Å². The lowest BCUT2D eigenvalue weighted by Crippen LogP contribution is -2.44. The minimum absolute atomic E-state index is 0.120. The zero-order valence-corrected chi connectivity index (χ0v) is 12.3. The van der Waals surface area contributed by atoms with Crippen LogP contribution < -0.4 is 4.74 Å². The number of rotatable bonds is 5. The molecule has 0 saturated carbocycles. The van der Waals surface area contributed by atoms with Gasteiger partial charge in [0.25, 0.3) is 0 Å². The number of hydrogen-bond acceptors (Lipinski definition) is 4. The van der Waals surface area contributed by atoms with Gasteiger partial charge in [0.15, 0.2) is 5.78 Å². The summed E-state index contributed by atoms with van der Waals surface area (Å²) in [6.45, 7) is 6.39. The summed E-state index contributed by atoms with van der Waals surface area (Å²) in [5.41, 5.74) is 0.143. The van der Waals surface area contributed by atoms with Gasteiger partial charge < -0.3 is 9.84 Å². The summed E-state index contributed by atoms with van der Waals surface area (Å²) in [6, 6.07) is 7.29. The average Bonchev–Trinajstić information content (AvgIpc) is 2.42. The van der Waals surface area contributed by atoms with E-state index in [0.717, 1.165) is 31.7 Å². The summed E-state index contributed by atoms with van der Waals surface area (Å²) in [4.78, 5) is 14.3. The average molecular weight is 277 g/mol. The van der Waals surface area contributed by atoms with Crippen LogP contribution in [0.3, 0.4) is 0 Å². The summed E-state index contributed by atoms with van der Waals surface area (Å²) < 4.78 is 5.36. The Hall–Kier alpha value is -1.39. The molecule has 1 aliphatic rings. The lowest BCUT2D eigenvalue weighted by Gasteiger charge is -2.35. The number of piperidine rings is 1. The van der Waals surface area contributed by atoms with E-state index in [4.69, 9.17) is 4.74 Å². The van der Waals surface area contributed by atoms with Crippen LogP contribution in [-0.4, -0.2) is 47.6 Å². The first-order valence-electron chi connectivity index (χ1n) is 7.21. The van der Waals surface area contributed by atoms with Crippen LogP contribution in [0.5, 0.6) is 5.75 Å². The fourth-order valence-electron chi connectivity index (χ4n) is 2.39. The van der Waals surface area contributed by atoms with Crippen LogP contribution in [0, 0.1) is 0 Å². The molecule has 1 saturated heterocycles. The van der Waals surface area contributed by atoms with E-state index in [-0.39, 0.29) is 5.78 Å². The van der Waals surface area contributed by atoms with Crippen LogP contribution >= 0.6 is 0 Å². The third-order valence-corrected chi connectivity index (χ3v) is 3.79. The lowest BCUT2D eigenvalue weighted by molar-refractivity contribution is -0.00420. The summed E-state index contributed by atoms with van der Waals surface area (Å²) >= 11 is 0. The van der Waals surface area contributed by atoms with Gasteiger partial charge in [0.2, 0.25) is 0 Å². The predicted octanol–water partition coefficient (Wildman–Crippen LogP) is 2.11. The van der Waals surface area contributed by atoms with Crippen molar-refractivity contribution in [2.24, 2.45) is 0 Å². The molecule has 0 spiro atoms. The van der Waals surface area contributed by atoms with Crippen molar-refractivity contribution in [3.63, 3.8) is 0 Å². The summed E-state index contributed by atoms with van der Waals surface area (Å²) in [6.07, 6.45) is 1.45. The van der Waals surface area contributed by atoms with Gasteiger partial charge in [-0.3, -0.25) is 9.69 Å². The van der Waals surface area contributed by atoms with Gasteiger partial charge in [0, 0.05) is 18.7 Å². The molecule has 2 rings (SSSR count). The quantitative estimate of drug-likeness (QED) is 0.838. The Labute approximate surface area is 120 Å². The first kappa shape index (κ1) is 15.0. The van der Waals surface area contributed by atoms with Crippen molar-refractivity contribution in [2.75, 3.05) is 26.2 Å². The van der Waals surface area contributed by atoms with Gasteiger partial charge in [-0.15, -0.1) is 0 Å². The van der Waals surface area contributed by atoms with Crippen molar-refractivity contribution in [3.8, 4) is 5.75 Å². The predicted molar refractivity (Wildman–Crippen MR) is 78.2 cm³/mol. The monoisotopic (exact) mass is 277 g/mol. The van der Waals surface area contributed by atoms with E-state index in [0.29, 0.717) is 18.7 Å². The Balaban J connectivity index is 1.88. The smallest absolute Gasteiger partial charge is 0.176 e. The molecule has 0 atom stereocenters. The summed E-state index contributed by atoms with van der Waals surface area (Å²) in [5.74, 6) is 0.910. The summed E-state index contributed by atoms with van der Waals surface area (Å²) in [5, 5.41) is 9.90. The molecule has 1 fully saturated rings. The molecule has 0 aliphatic carbocycles. The molecule has 110 valence electrons. The molecule has 0 aromatic heterocycles. The number of nitrogens with zero attached hydrogens (tertiary/aromatic N) is 1. The molecule has 0 unspecified atom stereocenters. The maximum absolute atomic E-state index is 12.2. The van der Waals surface area contributed by atoms with E-state index in [2.05, 4.69) is 4.90 Å². The zero-order valence-electron chi connectivity index (χ0n) is 12.3. The Morgan fingerprint density at radius 3 is 2.45 bits per heavy atom. The van der Waals surface area contributed by atoms with E-state index in [9.17, 15) is 9.90 Å². The van der Waals surface area contributed by atoms with E-state index in [1.165, 1.54) is 0 Å². The second-order valence-electron chi connectivity index (χ2n) is 5.65. The molecule has 1 aromatic carbocycles. The molecule has 1 N–H and O–H groups in total. The molecule has 4 nitrogen and oxygen atoms in total. The van der Waals surface area contributed by atoms with Gasteiger partial charge in [0.1, 0.15) is 5.75 Å². The number of benzene rings is 1. The van der Waals surface area contributed by atoms with Crippen molar-refractivity contribution in [3.05, 3.63) is 29.8 Å². The normalized spacial score (nSPS) is 18.8. The van der Waals surface area contributed by atoms with Crippen LogP contribution in [0.25, 0.3) is 0 Å². The van der Waals surface area contributed by atoms with Gasteiger partial charge in [-0.2, -0.15) is 0 Å². The second-order valence-corrected chi connectivity index (χ2v) is 5.65. The zero-order chi connectivity index (χ0) is 14.6. The third kappa shape index (κ3) is 4.05. The highest BCUT2D eigenvalue weighted by atomic mass is 16.5. The van der Waals surface area contributed by atoms with E-state index in [1.54, 1.807) is 0 Å². The van der Waals surface area contributed by atoms with Gasteiger partial charge in [0.05, 0.1) is 18.8 Å². The van der Waals surface area contributed by atoms with Gasteiger partial charge >= 0.3 is 0 Å². The first-order valence-corrected chi connectivity index (χ1v) is 7.21. The van der Waals surface area contributed by atoms with E-state index >= 15 is 0 Å². The van der Waals surface area contributed by atoms with Crippen molar-refractivity contribution < 1.29 is 14.6 Å². The number of ketones is 1. The van der Waals surface area contributed by atoms with Crippen LogP contribution in [0.4, 0.5) is 0 Å². The number of carbonyl (C=O) groups excluding carboxylic acids is 1. The summed E-state index contributed by atoms with van der Waals surface area (Å²) in [7, 11) is 0. The Kier molecular flexibility index (Phi) is 4.78. The molecule has 1 aliphatic heterocycles. The van der Waals surface area contributed by atoms with Gasteiger partial charge in [-0.05, 0) is 51.0 Å². The van der Waals surface area contributed by atoms with Gasteiger partial charge in [-0.1, -0.05) is 0 Å². The number of aliphatic hydroxyl groups is 1. The van der Waals surface area contributed by atoms with Crippen molar-refractivity contribution in [1.82, 2.24) is 4.90 Å². The molecular formula is C16H23NO3. The highest BCUT2D eigenvalue weighted by molar-refractivity contribution is 5.97. The molecular weight excluding hydrogens is 254 g/mol. The molecule has 0 amide bonds. The standard InChI is InChI=1S/C16H23NO3/c1-3-20-14-6-4-13(5-7-14)15(18)12-17-10-8-16(2,19)9-11-17/h4-7,19H,3,8-12H2,1-2H3. The van der Waals surface area contributed by atoms with Crippen molar-refractivity contribution in [1.29, 1.82) is 0 Å². The molecule has 20 heavy (non-hydrogen) atoms. The third-order valence-electron chi connectivity index (χ3n) is 3.79. The lowest BCUT2D eigenvalue weighted by atomic mass is 9.93. The molecule has 1 heterocycles. The number of Topliss-reactive ketones (excluding diaryl/α,β-unsaturated/α-hetero) is 1. The number of carbonyl (C=O) groups is 1. The fraction of sp³-hybridized carbons (Fsp3) is 0.562. The highest BCUT2D eigenvalue weighted by Crippen LogP contribution is 2.21. The molecule has 4 heteroatoms. The fourth-order valence-corrected chi connectivity index (χ4v) is 2.39. The number of ether oxygens (including phenoxy) is 1. The SMILES string of the molecule is CCOc1ccc(C(=O)CN2CCC(C)(O)CC2)cc1. The van der Waals surface area contributed by atoms with Crippen LogP contribution in [0.15, 0.2) is 24.3 Å². The minimum atomic E-state index is -0.571.